The maximum atomic E-state index is 3.60. The van der Waals surface area contributed by atoms with E-state index in [0.29, 0.717) is 0 Å². The van der Waals surface area contributed by atoms with Gasteiger partial charge in [-0.15, -0.1) is 6.58 Å². The van der Waals surface area contributed by atoms with Crippen molar-refractivity contribution in [3.05, 3.63) is 12.7 Å². The Kier molecular flexibility index (Phi) is 14.0. The van der Waals surface area contributed by atoms with Crippen LogP contribution >= 0.6 is 0 Å². The van der Waals surface area contributed by atoms with Gasteiger partial charge in [0, 0.05) is 17.4 Å². The Labute approximate surface area is 56.7 Å². The van der Waals surface area contributed by atoms with Crippen LogP contribution in [0.5, 0.6) is 0 Å². The van der Waals surface area contributed by atoms with E-state index >= 15 is 0 Å². The van der Waals surface area contributed by atoms with Gasteiger partial charge in [-0.1, -0.05) is 25.8 Å². The van der Waals surface area contributed by atoms with Gasteiger partial charge < -0.3 is 0 Å². The standard InChI is InChI=1S/C6H12.Cr/c1-3-5-6-4-2;/h3H,1,4-6H2,2H3;. The van der Waals surface area contributed by atoms with Crippen molar-refractivity contribution in [3.63, 3.8) is 0 Å². The summed E-state index contributed by atoms with van der Waals surface area (Å²) in [5.41, 5.74) is 0. The second-order valence-corrected chi connectivity index (χ2v) is 1.43. The van der Waals surface area contributed by atoms with E-state index in [2.05, 4.69) is 13.5 Å². The number of allylic oxidation sites excluding steroid dienone is 1. The van der Waals surface area contributed by atoms with Gasteiger partial charge in [-0.25, -0.2) is 0 Å². The zero-order valence-corrected chi connectivity index (χ0v) is 6.09. The summed E-state index contributed by atoms with van der Waals surface area (Å²) in [6, 6.07) is 0. The van der Waals surface area contributed by atoms with Gasteiger partial charge >= 0.3 is 0 Å². The predicted molar refractivity (Wildman–Crippen MR) is 29.7 cm³/mol. The molecule has 0 radical (unpaired) electrons. The molecule has 0 nitrogen and oxygen atoms in total. The van der Waals surface area contributed by atoms with Crippen molar-refractivity contribution in [2.45, 2.75) is 26.2 Å². The fraction of sp³-hybridized carbons (Fsp3) is 0.667. The minimum Gasteiger partial charge on any atom is -0.103 e. The Balaban J connectivity index is 0. The first-order valence-corrected chi connectivity index (χ1v) is 2.52. The summed E-state index contributed by atoms with van der Waals surface area (Å²) >= 11 is 0. The zero-order chi connectivity index (χ0) is 4.83. The van der Waals surface area contributed by atoms with Crippen LogP contribution in [-0.2, 0) is 17.4 Å². The first kappa shape index (κ1) is 10.3. The molecule has 0 bridgehead atoms. The Morgan fingerprint density at radius 1 is 1.57 bits per heavy atom. The molecule has 42 valence electrons. The Morgan fingerprint density at radius 3 is 2.29 bits per heavy atom. The van der Waals surface area contributed by atoms with E-state index in [9.17, 15) is 0 Å². The van der Waals surface area contributed by atoms with Gasteiger partial charge in [0.2, 0.25) is 0 Å². The van der Waals surface area contributed by atoms with Crippen LogP contribution in [-0.4, -0.2) is 0 Å². The van der Waals surface area contributed by atoms with Crippen LogP contribution in [0, 0.1) is 0 Å². The maximum absolute atomic E-state index is 3.60. The molecule has 0 rings (SSSR count). The van der Waals surface area contributed by atoms with E-state index in [-0.39, 0.29) is 17.4 Å². The topological polar surface area (TPSA) is 0 Å². The van der Waals surface area contributed by atoms with Crippen LogP contribution in [0.15, 0.2) is 12.7 Å². The molecule has 7 heavy (non-hydrogen) atoms. The number of hydrogen-bond donors (Lipinski definition) is 0. The van der Waals surface area contributed by atoms with Gasteiger partial charge in [-0.2, -0.15) is 0 Å². The van der Waals surface area contributed by atoms with Crippen molar-refractivity contribution in [3.8, 4) is 0 Å². The van der Waals surface area contributed by atoms with Crippen molar-refractivity contribution in [1.82, 2.24) is 0 Å². The maximum Gasteiger partial charge on any atom is 0 e. The Bertz CT molecular complexity index is 33.2. The normalized spacial score (nSPS) is 7.00. The van der Waals surface area contributed by atoms with E-state index in [4.69, 9.17) is 0 Å². The van der Waals surface area contributed by atoms with Crippen molar-refractivity contribution in [2.24, 2.45) is 0 Å². The number of unbranched alkanes of at least 4 members (excludes halogenated alkanes) is 2. The van der Waals surface area contributed by atoms with Gasteiger partial charge in [-0.05, 0) is 6.42 Å². The molecular weight excluding hydrogens is 124 g/mol. The summed E-state index contributed by atoms with van der Waals surface area (Å²) in [5.74, 6) is 0. The van der Waals surface area contributed by atoms with Gasteiger partial charge in [0.1, 0.15) is 0 Å². The SMILES string of the molecule is C=CCCCC.[Cr]. The number of rotatable bonds is 3. The van der Waals surface area contributed by atoms with E-state index in [0.717, 1.165) is 0 Å². The van der Waals surface area contributed by atoms with Crippen LogP contribution in [0.1, 0.15) is 26.2 Å². The largest absolute Gasteiger partial charge is 0.103 e. The summed E-state index contributed by atoms with van der Waals surface area (Å²) < 4.78 is 0. The van der Waals surface area contributed by atoms with Crippen molar-refractivity contribution in [1.29, 1.82) is 0 Å². The van der Waals surface area contributed by atoms with E-state index in [1.54, 1.807) is 0 Å². The average Bonchev–Trinajstić information content (AvgIpc) is 1.61. The van der Waals surface area contributed by atoms with Crippen molar-refractivity contribution < 1.29 is 17.4 Å². The zero-order valence-electron chi connectivity index (χ0n) is 4.81. The molecule has 0 unspecified atom stereocenters. The molecule has 0 spiro atoms. The quantitative estimate of drug-likeness (QED) is 0.412. The molecule has 0 aliphatic heterocycles. The second-order valence-electron chi connectivity index (χ2n) is 1.43. The molecule has 0 aliphatic rings. The first-order valence-electron chi connectivity index (χ1n) is 2.52. The third-order valence-electron chi connectivity index (χ3n) is 0.762. The van der Waals surface area contributed by atoms with E-state index in [1.807, 2.05) is 6.08 Å². The van der Waals surface area contributed by atoms with Gasteiger partial charge in [0.05, 0.1) is 0 Å². The van der Waals surface area contributed by atoms with Crippen molar-refractivity contribution in [2.75, 3.05) is 0 Å². The summed E-state index contributed by atoms with van der Waals surface area (Å²) in [6.45, 7) is 5.78. The van der Waals surface area contributed by atoms with Crippen LogP contribution in [0.3, 0.4) is 0 Å². The summed E-state index contributed by atoms with van der Waals surface area (Å²) in [4.78, 5) is 0. The van der Waals surface area contributed by atoms with Crippen LogP contribution in [0.4, 0.5) is 0 Å². The molecule has 0 aliphatic carbocycles. The molecule has 0 aromatic carbocycles. The average molecular weight is 136 g/mol. The van der Waals surface area contributed by atoms with Crippen LogP contribution in [0.25, 0.3) is 0 Å². The van der Waals surface area contributed by atoms with Crippen LogP contribution < -0.4 is 0 Å². The molecule has 1 heteroatoms. The van der Waals surface area contributed by atoms with Gasteiger partial charge in [0.25, 0.3) is 0 Å². The second kappa shape index (κ2) is 9.55. The molecule has 0 saturated heterocycles. The summed E-state index contributed by atoms with van der Waals surface area (Å²) in [6.07, 6.45) is 5.72. The molecule has 0 N–H and O–H groups in total. The molecular formula is C6H12Cr. The monoisotopic (exact) mass is 136 g/mol. The molecule has 0 amide bonds. The van der Waals surface area contributed by atoms with Crippen LogP contribution in [0.2, 0.25) is 0 Å². The minimum absolute atomic E-state index is 0. The van der Waals surface area contributed by atoms with Gasteiger partial charge in [-0.3, -0.25) is 0 Å². The summed E-state index contributed by atoms with van der Waals surface area (Å²) in [5, 5.41) is 0. The fourth-order valence-electron chi connectivity index (χ4n) is 0.348. The third kappa shape index (κ3) is 10.7. The summed E-state index contributed by atoms with van der Waals surface area (Å²) in [7, 11) is 0. The predicted octanol–water partition coefficient (Wildman–Crippen LogP) is 2.36. The fourth-order valence-corrected chi connectivity index (χ4v) is 0.348. The molecule has 0 heterocycles. The Morgan fingerprint density at radius 2 is 2.14 bits per heavy atom. The smallest absolute Gasteiger partial charge is 0 e. The number of hydrogen-bond acceptors (Lipinski definition) is 0. The third-order valence-corrected chi connectivity index (χ3v) is 0.762. The molecule has 0 aromatic heterocycles. The molecule has 0 aromatic rings. The van der Waals surface area contributed by atoms with E-state index < -0.39 is 0 Å². The van der Waals surface area contributed by atoms with Crippen molar-refractivity contribution >= 4 is 0 Å². The molecule has 0 fully saturated rings. The van der Waals surface area contributed by atoms with E-state index in [1.165, 1.54) is 19.3 Å². The Hall–Kier alpha value is 0.272. The minimum atomic E-state index is 0. The molecule has 0 atom stereocenters. The molecule has 0 saturated carbocycles. The van der Waals surface area contributed by atoms with Gasteiger partial charge in [0.15, 0.2) is 0 Å². The first-order chi connectivity index (χ1) is 2.91.